The molecule has 0 saturated carbocycles. The lowest BCUT2D eigenvalue weighted by Crippen LogP contribution is -2.23. The third-order valence-electron chi connectivity index (χ3n) is 3.08. The highest BCUT2D eigenvalue weighted by atomic mass is 32.2. The maximum absolute atomic E-state index is 12.5. The van der Waals surface area contributed by atoms with Gasteiger partial charge in [0, 0.05) is 17.5 Å². The molecule has 0 aliphatic heterocycles. The first-order valence-electron chi connectivity index (χ1n) is 6.52. The maximum Gasteiger partial charge on any atom is 0.244 e. The summed E-state index contributed by atoms with van der Waals surface area (Å²) in [4.78, 5) is 5.26. The minimum absolute atomic E-state index is 0.0784. The SMILES string of the molecule is COc1ccc(S(=O)(=O)NCc2sc(C)nc2C)c(OC)c1. The van der Waals surface area contributed by atoms with Crippen molar-refractivity contribution in [2.24, 2.45) is 0 Å². The highest BCUT2D eigenvalue weighted by molar-refractivity contribution is 7.89. The van der Waals surface area contributed by atoms with Crippen LogP contribution < -0.4 is 14.2 Å². The van der Waals surface area contributed by atoms with Crippen molar-refractivity contribution < 1.29 is 17.9 Å². The van der Waals surface area contributed by atoms with Crippen LogP contribution in [0.4, 0.5) is 0 Å². The van der Waals surface area contributed by atoms with E-state index in [9.17, 15) is 8.42 Å². The fourth-order valence-electron chi connectivity index (χ4n) is 1.97. The Bertz CT molecular complexity index is 769. The Morgan fingerprint density at radius 1 is 1.23 bits per heavy atom. The molecule has 0 aliphatic rings. The molecule has 0 radical (unpaired) electrons. The third-order valence-corrected chi connectivity index (χ3v) is 5.60. The molecule has 0 unspecified atom stereocenters. The summed E-state index contributed by atoms with van der Waals surface area (Å²) in [6, 6.07) is 4.58. The van der Waals surface area contributed by atoms with Crippen molar-refractivity contribution in [2.75, 3.05) is 14.2 Å². The number of aryl methyl sites for hydroxylation is 2. The summed E-state index contributed by atoms with van der Waals surface area (Å²) in [5.74, 6) is 0.772. The average molecular weight is 342 g/mol. The summed E-state index contributed by atoms with van der Waals surface area (Å²) in [6.45, 7) is 3.96. The van der Waals surface area contributed by atoms with Crippen LogP contribution in [0.1, 0.15) is 15.6 Å². The van der Waals surface area contributed by atoms with Crippen molar-refractivity contribution in [3.63, 3.8) is 0 Å². The lowest BCUT2D eigenvalue weighted by molar-refractivity contribution is 0.386. The zero-order chi connectivity index (χ0) is 16.3. The normalized spacial score (nSPS) is 11.5. The minimum Gasteiger partial charge on any atom is -0.497 e. The van der Waals surface area contributed by atoms with Crippen LogP contribution in [0.15, 0.2) is 23.1 Å². The number of hydrogen-bond acceptors (Lipinski definition) is 6. The summed E-state index contributed by atoms with van der Waals surface area (Å²) in [5.41, 5.74) is 0.840. The molecule has 0 aliphatic carbocycles. The van der Waals surface area contributed by atoms with Crippen LogP contribution in [0, 0.1) is 13.8 Å². The van der Waals surface area contributed by atoms with E-state index in [0.29, 0.717) is 5.75 Å². The Labute approximate surface area is 134 Å². The van der Waals surface area contributed by atoms with E-state index in [1.165, 1.54) is 37.7 Å². The highest BCUT2D eigenvalue weighted by Gasteiger charge is 2.20. The van der Waals surface area contributed by atoms with Crippen LogP contribution in [0.2, 0.25) is 0 Å². The smallest absolute Gasteiger partial charge is 0.244 e. The molecule has 1 heterocycles. The number of thiazole rings is 1. The average Bonchev–Trinajstić information content (AvgIpc) is 2.82. The van der Waals surface area contributed by atoms with Crippen LogP contribution >= 0.6 is 11.3 Å². The number of hydrogen-bond donors (Lipinski definition) is 1. The summed E-state index contributed by atoms with van der Waals surface area (Å²) in [5, 5.41) is 0.911. The van der Waals surface area contributed by atoms with Gasteiger partial charge >= 0.3 is 0 Å². The molecule has 22 heavy (non-hydrogen) atoms. The summed E-state index contributed by atoms with van der Waals surface area (Å²) >= 11 is 1.48. The van der Waals surface area contributed by atoms with Crippen molar-refractivity contribution >= 4 is 21.4 Å². The number of nitrogens with one attached hydrogen (secondary N) is 1. The second-order valence-corrected chi connectivity index (χ2v) is 7.61. The van der Waals surface area contributed by atoms with Gasteiger partial charge in [-0.25, -0.2) is 18.1 Å². The van der Waals surface area contributed by atoms with E-state index in [0.717, 1.165) is 15.6 Å². The summed E-state index contributed by atoms with van der Waals surface area (Å²) in [7, 11) is -0.754. The molecule has 8 heteroatoms. The number of rotatable bonds is 6. The van der Waals surface area contributed by atoms with Gasteiger partial charge in [-0.3, -0.25) is 0 Å². The van der Waals surface area contributed by atoms with Crippen LogP contribution in [0.25, 0.3) is 0 Å². The molecular weight excluding hydrogens is 324 g/mol. The van der Waals surface area contributed by atoms with Crippen molar-refractivity contribution in [1.29, 1.82) is 0 Å². The maximum atomic E-state index is 12.5. The predicted molar refractivity (Wildman–Crippen MR) is 85.2 cm³/mol. The number of sulfonamides is 1. The largest absolute Gasteiger partial charge is 0.497 e. The third kappa shape index (κ3) is 3.57. The van der Waals surface area contributed by atoms with E-state index in [2.05, 4.69) is 9.71 Å². The van der Waals surface area contributed by atoms with Crippen LogP contribution in [0.5, 0.6) is 11.5 Å². The fourth-order valence-corrected chi connectivity index (χ4v) is 4.09. The topological polar surface area (TPSA) is 77.5 Å². The van der Waals surface area contributed by atoms with Crippen molar-refractivity contribution in [1.82, 2.24) is 9.71 Å². The lowest BCUT2D eigenvalue weighted by Gasteiger charge is -2.11. The molecule has 1 N–H and O–H groups in total. The Balaban J connectivity index is 2.25. The van der Waals surface area contributed by atoms with Crippen molar-refractivity contribution in [3.05, 3.63) is 33.8 Å². The van der Waals surface area contributed by atoms with Gasteiger partial charge in [0.15, 0.2) is 0 Å². The molecule has 1 aromatic carbocycles. The lowest BCUT2D eigenvalue weighted by atomic mass is 10.3. The minimum atomic E-state index is -3.69. The molecule has 2 aromatic rings. The molecule has 0 bridgehead atoms. The molecule has 0 saturated heterocycles. The van der Waals surface area contributed by atoms with Crippen LogP contribution in [-0.2, 0) is 16.6 Å². The van der Waals surface area contributed by atoms with Crippen molar-refractivity contribution in [3.8, 4) is 11.5 Å². The van der Waals surface area contributed by atoms with Gasteiger partial charge in [-0.1, -0.05) is 0 Å². The van der Waals surface area contributed by atoms with Gasteiger partial charge in [-0.15, -0.1) is 11.3 Å². The van der Waals surface area contributed by atoms with Gasteiger partial charge in [0.1, 0.15) is 16.4 Å². The Hall–Kier alpha value is -1.64. The molecule has 1 aromatic heterocycles. The zero-order valence-corrected chi connectivity index (χ0v) is 14.5. The quantitative estimate of drug-likeness (QED) is 0.871. The van der Waals surface area contributed by atoms with E-state index in [1.54, 1.807) is 6.07 Å². The molecular formula is C14H18N2O4S2. The second-order valence-electron chi connectivity index (χ2n) is 4.58. The number of benzene rings is 1. The predicted octanol–water partition coefficient (Wildman–Crippen LogP) is 2.26. The van der Waals surface area contributed by atoms with E-state index in [1.807, 2.05) is 13.8 Å². The van der Waals surface area contributed by atoms with E-state index in [4.69, 9.17) is 9.47 Å². The van der Waals surface area contributed by atoms with Gasteiger partial charge in [-0.2, -0.15) is 0 Å². The van der Waals surface area contributed by atoms with Gasteiger partial charge < -0.3 is 9.47 Å². The molecule has 0 spiro atoms. The zero-order valence-electron chi connectivity index (χ0n) is 12.8. The number of nitrogens with zero attached hydrogens (tertiary/aromatic N) is 1. The Morgan fingerprint density at radius 3 is 2.50 bits per heavy atom. The first-order chi connectivity index (χ1) is 10.4. The van der Waals surface area contributed by atoms with Crippen LogP contribution in [0.3, 0.4) is 0 Å². The van der Waals surface area contributed by atoms with Gasteiger partial charge in [0.25, 0.3) is 0 Å². The number of aromatic nitrogens is 1. The number of methoxy groups -OCH3 is 2. The molecule has 2 rings (SSSR count). The first kappa shape index (κ1) is 16.7. The van der Waals surface area contributed by atoms with E-state index < -0.39 is 10.0 Å². The highest BCUT2D eigenvalue weighted by Crippen LogP contribution is 2.28. The van der Waals surface area contributed by atoms with Gasteiger partial charge in [0.05, 0.1) is 24.9 Å². The van der Waals surface area contributed by atoms with E-state index >= 15 is 0 Å². The molecule has 0 atom stereocenters. The first-order valence-corrected chi connectivity index (χ1v) is 8.82. The standard InChI is InChI=1S/C14H18N2O4S2/c1-9-13(21-10(2)16-9)8-15-22(17,18)14-6-5-11(19-3)7-12(14)20-4/h5-7,15H,8H2,1-4H3. The number of ether oxygens (including phenoxy) is 2. The fraction of sp³-hybridized carbons (Fsp3) is 0.357. The monoisotopic (exact) mass is 342 g/mol. The Morgan fingerprint density at radius 2 is 1.95 bits per heavy atom. The molecule has 6 nitrogen and oxygen atoms in total. The van der Waals surface area contributed by atoms with Gasteiger partial charge in [-0.05, 0) is 26.0 Å². The molecule has 120 valence electrons. The summed E-state index contributed by atoms with van der Waals surface area (Å²) in [6.07, 6.45) is 0. The van der Waals surface area contributed by atoms with Gasteiger partial charge in [0.2, 0.25) is 10.0 Å². The van der Waals surface area contributed by atoms with E-state index in [-0.39, 0.29) is 17.2 Å². The molecule has 0 amide bonds. The molecule has 0 fully saturated rings. The Kier molecular flexibility index (Phi) is 5.05. The second kappa shape index (κ2) is 6.64. The van der Waals surface area contributed by atoms with Crippen molar-refractivity contribution in [2.45, 2.75) is 25.3 Å². The van der Waals surface area contributed by atoms with Crippen LogP contribution in [-0.4, -0.2) is 27.6 Å². The summed E-state index contributed by atoms with van der Waals surface area (Å²) < 4.78 is 37.7.